The van der Waals surface area contributed by atoms with Crippen molar-refractivity contribution in [1.29, 1.82) is 0 Å². The number of rotatable bonds is 1. The summed E-state index contributed by atoms with van der Waals surface area (Å²) in [4.78, 5) is 15.3. The van der Waals surface area contributed by atoms with Crippen molar-refractivity contribution < 1.29 is 4.79 Å². The number of nitrogens with zero attached hydrogens (tertiary/aromatic N) is 2. The second kappa shape index (κ2) is 3.69. The van der Waals surface area contributed by atoms with E-state index >= 15 is 0 Å². The van der Waals surface area contributed by atoms with Gasteiger partial charge in [0.25, 0.3) is 0 Å². The third kappa shape index (κ3) is 1.84. The van der Waals surface area contributed by atoms with E-state index in [1.807, 2.05) is 19.0 Å². The molecule has 1 saturated heterocycles. The van der Waals surface area contributed by atoms with Crippen LogP contribution in [0.3, 0.4) is 0 Å². The normalized spacial score (nSPS) is 27.9. The molecular formula is C12H22N2O. The monoisotopic (exact) mass is 210 g/mol. The highest BCUT2D eigenvalue weighted by Gasteiger charge is 2.49. The van der Waals surface area contributed by atoms with Gasteiger partial charge in [-0.1, -0.05) is 13.3 Å². The lowest BCUT2D eigenvalue weighted by atomic mass is 9.77. The molecule has 2 fully saturated rings. The van der Waals surface area contributed by atoms with Gasteiger partial charge in [-0.2, -0.15) is 0 Å². The summed E-state index contributed by atoms with van der Waals surface area (Å²) in [6, 6.07) is 0.181. The molecule has 0 radical (unpaired) electrons. The van der Waals surface area contributed by atoms with E-state index in [4.69, 9.17) is 0 Å². The van der Waals surface area contributed by atoms with Crippen molar-refractivity contribution in [2.75, 3.05) is 27.2 Å². The van der Waals surface area contributed by atoms with Gasteiger partial charge in [-0.15, -0.1) is 0 Å². The van der Waals surface area contributed by atoms with Crippen LogP contribution in [0.15, 0.2) is 0 Å². The number of carbonyl (C=O) groups is 1. The molecule has 1 spiro atoms. The second-order valence-electron chi connectivity index (χ2n) is 5.55. The number of likely N-dealkylation sites (tertiary alicyclic amines) is 1. The Morgan fingerprint density at radius 1 is 1.47 bits per heavy atom. The molecule has 15 heavy (non-hydrogen) atoms. The van der Waals surface area contributed by atoms with E-state index in [0.717, 1.165) is 19.0 Å². The molecule has 0 aromatic rings. The van der Waals surface area contributed by atoms with E-state index in [0.29, 0.717) is 5.41 Å². The van der Waals surface area contributed by atoms with Crippen LogP contribution in [0.1, 0.15) is 32.6 Å². The second-order valence-corrected chi connectivity index (χ2v) is 5.55. The Morgan fingerprint density at radius 3 is 2.60 bits per heavy atom. The van der Waals surface area contributed by atoms with Crippen molar-refractivity contribution in [1.82, 2.24) is 9.80 Å². The number of hydrogen-bond donors (Lipinski definition) is 0. The van der Waals surface area contributed by atoms with E-state index in [2.05, 4.69) is 6.92 Å². The molecule has 0 bridgehead atoms. The van der Waals surface area contributed by atoms with Crippen LogP contribution in [0.4, 0.5) is 4.79 Å². The number of urea groups is 1. The number of hydrogen-bond acceptors (Lipinski definition) is 1. The smallest absolute Gasteiger partial charge is 0.319 e. The number of amides is 2. The zero-order valence-electron chi connectivity index (χ0n) is 10.1. The third-order valence-corrected chi connectivity index (χ3v) is 4.09. The molecule has 1 saturated carbocycles. The fourth-order valence-electron chi connectivity index (χ4n) is 3.14. The maximum Gasteiger partial charge on any atom is 0.319 e. The lowest BCUT2D eigenvalue weighted by Gasteiger charge is -2.49. The Labute approximate surface area is 92.4 Å². The fourth-order valence-corrected chi connectivity index (χ4v) is 3.14. The molecule has 2 amide bonds. The van der Waals surface area contributed by atoms with E-state index in [-0.39, 0.29) is 6.03 Å². The molecule has 1 heterocycles. The Morgan fingerprint density at radius 2 is 2.13 bits per heavy atom. The van der Waals surface area contributed by atoms with Gasteiger partial charge in [-0.3, -0.25) is 0 Å². The Balaban J connectivity index is 1.85. The van der Waals surface area contributed by atoms with Crippen LogP contribution in [0.25, 0.3) is 0 Å². The first kappa shape index (κ1) is 10.8. The summed E-state index contributed by atoms with van der Waals surface area (Å²) in [5.41, 5.74) is 0.506. The molecule has 1 unspecified atom stereocenters. The van der Waals surface area contributed by atoms with Crippen molar-refractivity contribution in [3.8, 4) is 0 Å². The summed E-state index contributed by atoms with van der Waals surface area (Å²) in [6.07, 6.45) is 5.37. The minimum Gasteiger partial charge on any atom is -0.331 e. The molecular weight excluding hydrogens is 188 g/mol. The van der Waals surface area contributed by atoms with E-state index in [9.17, 15) is 4.79 Å². The predicted octanol–water partition coefficient (Wildman–Crippen LogP) is 2.18. The molecule has 1 aliphatic heterocycles. The van der Waals surface area contributed by atoms with E-state index < -0.39 is 0 Å². The maximum absolute atomic E-state index is 11.7. The molecule has 0 aromatic carbocycles. The highest BCUT2D eigenvalue weighted by atomic mass is 16.2. The number of carbonyl (C=O) groups excluding carboxylic acids is 1. The molecule has 2 aliphatic rings. The van der Waals surface area contributed by atoms with Crippen molar-refractivity contribution in [3.63, 3.8) is 0 Å². The SMILES string of the molecule is CCC1CCC2(C1)CN(C(=O)N(C)C)C2. The molecule has 0 aromatic heterocycles. The van der Waals surface area contributed by atoms with Crippen molar-refractivity contribution in [2.45, 2.75) is 32.6 Å². The highest BCUT2D eigenvalue weighted by Crippen LogP contribution is 2.49. The fraction of sp³-hybridized carbons (Fsp3) is 0.917. The average Bonchev–Trinajstić information content (AvgIpc) is 2.58. The molecule has 2 rings (SSSR count). The molecule has 86 valence electrons. The van der Waals surface area contributed by atoms with Crippen LogP contribution in [0, 0.1) is 11.3 Å². The summed E-state index contributed by atoms with van der Waals surface area (Å²) in [7, 11) is 3.66. The minimum atomic E-state index is 0.181. The summed E-state index contributed by atoms with van der Waals surface area (Å²) in [5.74, 6) is 0.918. The summed E-state index contributed by atoms with van der Waals surface area (Å²) < 4.78 is 0. The topological polar surface area (TPSA) is 23.6 Å². The lowest BCUT2D eigenvalue weighted by molar-refractivity contribution is 0.0236. The standard InChI is InChI=1S/C12H22N2O/c1-4-10-5-6-12(7-10)8-14(9-12)11(15)13(2)3/h10H,4-9H2,1-3H3. The van der Waals surface area contributed by atoms with Crippen molar-refractivity contribution in [2.24, 2.45) is 11.3 Å². The van der Waals surface area contributed by atoms with Gasteiger partial charge in [0.1, 0.15) is 0 Å². The van der Waals surface area contributed by atoms with Crippen molar-refractivity contribution in [3.05, 3.63) is 0 Å². The zero-order valence-corrected chi connectivity index (χ0v) is 10.1. The molecule has 1 aliphatic carbocycles. The average molecular weight is 210 g/mol. The van der Waals surface area contributed by atoms with Crippen LogP contribution in [-0.2, 0) is 0 Å². The molecule has 0 N–H and O–H groups in total. The highest BCUT2D eigenvalue weighted by molar-refractivity contribution is 5.75. The van der Waals surface area contributed by atoms with Gasteiger partial charge in [-0.25, -0.2) is 4.79 Å². The summed E-state index contributed by atoms with van der Waals surface area (Å²) in [6.45, 7) is 4.28. The van der Waals surface area contributed by atoms with Gasteiger partial charge in [0.05, 0.1) is 0 Å². The first-order chi connectivity index (χ1) is 7.06. The first-order valence-electron chi connectivity index (χ1n) is 6.02. The quantitative estimate of drug-likeness (QED) is 0.650. The summed E-state index contributed by atoms with van der Waals surface area (Å²) in [5, 5.41) is 0. The van der Waals surface area contributed by atoms with Gasteiger partial charge < -0.3 is 9.80 Å². The summed E-state index contributed by atoms with van der Waals surface area (Å²) >= 11 is 0. The van der Waals surface area contributed by atoms with Gasteiger partial charge in [0.15, 0.2) is 0 Å². The van der Waals surface area contributed by atoms with Gasteiger partial charge in [0.2, 0.25) is 0 Å². The Hall–Kier alpha value is -0.730. The van der Waals surface area contributed by atoms with Crippen LogP contribution in [-0.4, -0.2) is 43.0 Å². The zero-order chi connectivity index (χ0) is 11.1. The van der Waals surface area contributed by atoms with Gasteiger partial charge in [0, 0.05) is 32.6 Å². The Bertz CT molecular complexity index is 256. The van der Waals surface area contributed by atoms with Crippen LogP contribution < -0.4 is 0 Å². The van der Waals surface area contributed by atoms with E-state index in [1.165, 1.54) is 25.7 Å². The third-order valence-electron chi connectivity index (χ3n) is 4.09. The maximum atomic E-state index is 11.7. The lowest BCUT2D eigenvalue weighted by Crippen LogP contribution is -2.59. The molecule has 3 nitrogen and oxygen atoms in total. The molecule has 3 heteroatoms. The van der Waals surface area contributed by atoms with Gasteiger partial charge in [-0.05, 0) is 25.2 Å². The van der Waals surface area contributed by atoms with Gasteiger partial charge >= 0.3 is 6.03 Å². The van der Waals surface area contributed by atoms with E-state index in [1.54, 1.807) is 4.90 Å². The first-order valence-corrected chi connectivity index (χ1v) is 6.02. The van der Waals surface area contributed by atoms with Crippen LogP contribution in [0.2, 0.25) is 0 Å². The largest absolute Gasteiger partial charge is 0.331 e. The minimum absolute atomic E-state index is 0.181. The Kier molecular flexibility index (Phi) is 2.65. The van der Waals surface area contributed by atoms with Crippen LogP contribution in [0.5, 0.6) is 0 Å². The predicted molar refractivity (Wildman–Crippen MR) is 60.7 cm³/mol. The van der Waals surface area contributed by atoms with Crippen molar-refractivity contribution >= 4 is 6.03 Å². The molecule has 1 atom stereocenters. The van der Waals surface area contributed by atoms with Crippen LogP contribution >= 0.6 is 0 Å².